The van der Waals surface area contributed by atoms with E-state index in [2.05, 4.69) is 5.32 Å². The van der Waals surface area contributed by atoms with Gasteiger partial charge in [0.05, 0.1) is 27.0 Å². The Morgan fingerprint density at radius 1 is 1.00 bits per heavy atom. The van der Waals surface area contributed by atoms with Gasteiger partial charge in [-0.3, -0.25) is 14.5 Å². The molecule has 12 heteroatoms. The molecule has 2 atom stereocenters. The molecule has 228 valence electrons. The Labute approximate surface area is 256 Å². The SMILES string of the molecule is CCNC(=O)C[C@@H]1CCCN1C1(c2ccccc2OC)C(=O)N(S(=O)(=O)c2ccc(OC)cc2OC)c2ccc(Cl)cc21. The van der Waals surface area contributed by atoms with Crippen LogP contribution in [0, 0.1) is 0 Å². The monoisotopic (exact) mass is 627 g/mol. The number of carbonyl (C=O) groups excluding carboxylic acids is 2. The zero-order valence-corrected chi connectivity index (χ0v) is 26.0. The van der Waals surface area contributed by atoms with Crippen molar-refractivity contribution in [2.45, 2.75) is 42.7 Å². The van der Waals surface area contributed by atoms with Gasteiger partial charge in [0.1, 0.15) is 22.1 Å². The number of nitrogens with zero attached hydrogens (tertiary/aromatic N) is 2. The lowest BCUT2D eigenvalue weighted by molar-refractivity contribution is -0.129. The van der Waals surface area contributed by atoms with Crippen molar-refractivity contribution in [3.63, 3.8) is 0 Å². The number of halogens is 1. The van der Waals surface area contributed by atoms with Gasteiger partial charge in [0.25, 0.3) is 15.9 Å². The fourth-order valence-electron chi connectivity index (χ4n) is 6.28. The first-order valence-electron chi connectivity index (χ1n) is 13.9. The van der Waals surface area contributed by atoms with E-state index in [0.29, 0.717) is 53.6 Å². The Bertz CT molecular complexity index is 1660. The van der Waals surface area contributed by atoms with Crippen LogP contribution >= 0.6 is 11.6 Å². The summed E-state index contributed by atoms with van der Waals surface area (Å²) in [4.78, 5) is 29.8. The quantitative estimate of drug-likeness (QED) is 0.353. The number of hydrogen-bond donors (Lipinski definition) is 1. The fraction of sp³-hybridized carbons (Fsp3) is 0.355. The minimum absolute atomic E-state index is 0.0211. The Kier molecular flexibility index (Phi) is 8.60. The average Bonchev–Trinajstić information content (AvgIpc) is 3.56. The van der Waals surface area contributed by atoms with Crippen molar-refractivity contribution in [3.8, 4) is 17.2 Å². The molecule has 0 radical (unpaired) electrons. The van der Waals surface area contributed by atoms with Gasteiger partial charge in [0, 0.05) is 47.8 Å². The van der Waals surface area contributed by atoms with E-state index in [-0.39, 0.29) is 34.7 Å². The molecule has 2 aliphatic rings. The van der Waals surface area contributed by atoms with Crippen LogP contribution in [0.5, 0.6) is 17.2 Å². The number of ether oxygens (including phenoxy) is 3. The number of amides is 2. The Balaban J connectivity index is 1.80. The third kappa shape index (κ3) is 4.99. The maximum absolute atomic E-state index is 15.2. The predicted octanol–water partition coefficient (Wildman–Crippen LogP) is 4.34. The minimum atomic E-state index is -4.55. The molecule has 1 fully saturated rings. The minimum Gasteiger partial charge on any atom is -0.497 e. The first kappa shape index (κ1) is 30.7. The molecule has 1 N–H and O–H groups in total. The highest BCUT2D eigenvalue weighted by molar-refractivity contribution is 7.93. The summed E-state index contributed by atoms with van der Waals surface area (Å²) in [5, 5.41) is 3.17. The molecule has 5 rings (SSSR count). The molecule has 0 aromatic heterocycles. The zero-order chi connectivity index (χ0) is 30.9. The largest absolute Gasteiger partial charge is 0.497 e. The van der Waals surface area contributed by atoms with E-state index >= 15 is 4.79 Å². The maximum Gasteiger partial charge on any atom is 0.274 e. The molecule has 2 aliphatic heterocycles. The third-order valence-electron chi connectivity index (χ3n) is 8.05. The molecule has 0 spiro atoms. The number of likely N-dealkylation sites (tertiary alicyclic amines) is 1. The Morgan fingerprint density at radius 3 is 2.44 bits per heavy atom. The second-order valence-electron chi connectivity index (χ2n) is 10.3. The Hall–Kier alpha value is -3.80. The van der Waals surface area contributed by atoms with Gasteiger partial charge in [0.2, 0.25) is 5.91 Å². The number of carbonyl (C=O) groups is 2. The molecule has 0 aliphatic carbocycles. The number of para-hydroxylation sites is 1. The molecule has 3 aromatic rings. The number of hydrogen-bond acceptors (Lipinski definition) is 8. The van der Waals surface area contributed by atoms with Crippen LogP contribution in [0.25, 0.3) is 0 Å². The van der Waals surface area contributed by atoms with Crippen molar-refractivity contribution in [1.82, 2.24) is 10.2 Å². The van der Waals surface area contributed by atoms with Crippen molar-refractivity contribution >= 4 is 39.1 Å². The molecule has 0 saturated carbocycles. The first-order chi connectivity index (χ1) is 20.6. The van der Waals surface area contributed by atoms with Crippen LogP contribution in [0.15, 0.2) is 65.6 Å². The van der Waals surface area contributed by atoms with E-state index in [0.717, 1.165) is 4.31 Å². The van der Waals surface area contributed by atoms with Crippen molar-refractivity contribution in [3.05, 3.63) is 76.8 Å². The summed E-state index contributed by atoms with van der Waals surface area (Å²) in [5.41, 5.74) is -0.684. The lowest BCUT2D eigenvalue weighted by atomic mass is 9.80. The molecule has 1 unspecified atom stereocenters. The number of nitrogens with one attached hydrogen (secondary N) is 1. The molecule has 2 amide bonds. The van der Waals surface area contributed by atoms with Gasteiger partial charge < -0.3 is 19.5 Å². The van der Waals surface area contributed by atoms with Crippen LogP contribution in [0.1, 0.15) is 37.3 Å². The van der Waals surface area contributed by atoms with Gasteiger partial charge in [-0.25, -0.2) is 12.7 Å². The van der Waals surface area contributed by atoms with Gasteiger partial charge in [-0.15, -0.1) is 0 Å². The van der Waals surface area contributed by atoms with E-state index in [4.69, 9.17) is 25.8 Å². The van der Waals surface area contributed by atoms with Crippen molar-refractivity contribution in [1.29, 1.82) is 0 Å². The molecule has 3 aromatic carbocycles. The van der Waals surface area contributed by atoms with Crippen LogP contribution in [0.2, 0.25) is 5.02 Å². The van der Waals surface area contributed by atoms with Crippen LogP contribution in [0.3, 0.4) is 0 Å². The van der Waals surface area contributed by atoms with Gasteiger partial charge in [-0.1, -0.05) is 29.8 Å². The molecular formula is C31H34ClN3O7S. The maximum atomic E-state index is 15.2. The van der Waals surface area contributed by atoms with Gasteiger partial charge in [-0.2, -0.15) is 0 Å². The summed E-state index contributed by atoms with van der Waals surface area (Å²) in [6.45, 7) is 2.74. The lowest BCUT2D eigenvalue weighted by Crippen LogP contribution is -2.57. The van der Waals surface area contributed by atoms with E-state index in [9.17, 15) is 13.2 Å². The summed E-state index contributed by atoms with van der Waals surface area (Å²) in [6, 6.07) is 15.7. The number of anilines is 1. The van der Waals surface area contributed by atoms with Crippen LogP contribution in [-0.4, -0.2) is 65.6 Å². The number of benzene rings is 3. The zero-order valence-electron chi connectivity index (χ0n) is 24.4. The normalized spacial score (nSPS) is 20.2. The highest BCUT2D eigenvalue weighted by Crippen LogP contribution is 2.55. The first-order valence-corrected chi connectivity index (χ1v) is 15.8. The molecule has 2 heterocycles. The van der Waals surface area contributed by atoms with E-state index in [1.807, 2.05) is 11.8 Å². The number of rotatable bonds is 10. The van der Waals surface area contributed by atoms with Crippen LogP contribution in [-0.2, 0) is 25.2 Å². The summed E-state index contributed by atoms with van der Waals surface area (Å²) >= 11 is 6.56. The standard InChI is InChI=1S/C31H34ClN3O7S/c1-5-33-29(36)18-21-9-8-16-34(21)31(23-10-6-7-11-26(23)41-3)24-17-20(32)12-14-25(24)35(30(31)37)43(38,39)28-15-13-22(40-2)19-27(28)42-4/h6-7,10-15,17,19,21H,5,8-9,16,18H2,1-4H3,(H,33,36)/t21-,31?/m0/s1. The van der Waals surface area contributed by atoms with Gasteiger partial charge in [-0.05, 0) is 56.2 Å². The van der Waals surface area contributed by atoms with Crippen molar-refractivity contribution < 1.29 is 32.2 Å². The van der Waals surface area contributed by atoms with Crippen LogP contribution in [0.4, 0.5) is 5.69 Å². The summed E-state index contributed by atoms with van der Waals surface area (Å²) in [7, 11) is -0.238. The van der Waals surface area contributed by atoms with Gasteiger partial charge >= 0.3 is 0 Å². The molecule has 43 heavy (non-hydrogen) atoms. The van der Waals surface area contributed by atoms with E-state index < -0.39 is 21.5 Å². The number of fused-ring (bicyclic) bond motifs is 1. The smallest absolute Gasteiger partial charge is 0.274 e. The van der Waals surface area contributed by atoms with E-state index in [1.165, 1.54) is 45.6 Å². The fourth-order valence-corrected chi connectivity index (χ4v) is 8.05. The average molecular weight is 628 g/mol. The Morgan fingerprint density at radius 2 is 1.74 bits per heavy atom. The van der Waals surface area contributed by atoms with E-state index in [1.54, 1.807) is 36.4 Å². The van der Waals surface area contributed by atoms with Crippen molar-refractivity contribution in [2.24, 2.45) is 0 Å². The molecule has 0 bridgehead atoms. The second-order valence-corrected chi connectivity index (χ2v) is 12.5. The summed E-state index contributed by atoms with van der Waals surface area (Å²) < 4.78 is 46.4. The third-order valence-corrected chi connectivity index (χ3v) is 10.0. The summed E-state index contributed by atoms with van der Waals surface area (Å²) in [6.07, 6.45) is 1.46. The number of methoxy groups -OCH3 is 3. The predicted molar refractivity (Wildman–Crippen MR) is 162 cm³/mol. The second kappa shape index (κ2) is 12.1. The van der Waals surface area contributed by atoms with Gasteiger partial charge in [0.15, 0.2) is 5.54 Å². The molecule has 1 saturated heterocycles. The van der Waals surface area contributed by atoms with Crippen LogP contribution < -0.4 is 23.8 Å². The topological polar surface area (TPSA) is 114 Å². The highest BCUT2D eigenvalue weighted by Gasteiger charge is 2.62. The summed E-state index contributed by atoms with van der Waals surface area (Å²) in [5.74, 6) is -0.0717. The lowest BCUT2D eigenvalue weighted by Gasteiger charge is -2.42. The molecule has 10 nitrogen and oxygen atoms in total. The number of sulfonamides is 1. The molecular weight excluding hydrogens is 594 g/mol. The van der Waals surface area contributed by atoms with Crippen molar-refractivity contribution in [2.75, 3.05) is 38.7 Å². The highest BCUT2D eigenvalue weighted by atomic mass is 35.5.